The lowest BCUT2D eigenvalue weighted by Gasteiger charge is -2.22. The first kappa shape index (κ1) is 15.1. The summed E-state index contributed by atoms with van der Waals surface area (Å²) in [4.78, 5) is 10.6. The van der Waals surface area contributed by atoms with E-state index >= 15 is 0 Å². The van der Waals surface area contributed by atoms with Crippen LogP contribution in [0.4, 0.5) is 11.5 Å². The summed E-state index contributed by atoms with van der Waals surface area (Å²) in [6, 6.07) is 14.0. The van der Waals surface area contributed by atoms with Crippen LogP contribution in [0.1, 0.15) is 13.8 Å². The smallest absolute Gasteiger partial charge is 0.248 e. The van der Waals surface area contributed by atoms with Crippen molar-refractivity contribution < 1.29 is 4.74 Å². The first-order valence-corrected chi connectivity index (χ1v) is 7.75. The Hall–Kier alpha value is -2.82. The summed E-state index contributed by atoms with van der Waals surface area (Å²) in [6.45, 7) is 5.78. The van der Waals surface area contributed by atoms with Gasteiger partial charge in [-0.3, -0.25) is 0 Å². The first-order valence-electron chi connectivity index (χ1n) is 7.75. The summed E-state index contributed by atoms with van der Waals surface area (Å²) in [5, 5.41) is 2.14. The van der Waals surface area contributed by atoms with Crippen molar-refractivity contribution in [1.82, 2.24) is 9.97 Å². The van der Waals surface area contributed by atoms with E-state index in [-0.39, 0.29) is 0 Å². The molecule has 3 rings (SSSR count). The van der Waals surface area contributed by atoms with Gasteiger partial charge in [-0.05, 0) is 25.3 Å². The van der Waals surface area contributed by atoms with Gasteiger partial charge in [-0.1, -0.05) is 36.4 Å². The lowest BCUT2D eigenvalue weighted by Crippen LogP contribution is -2.24. The Balaban J connectivity index is 2.01. The standard InChI is InChI=1S/C18H20N4O/c1-3-22(4-2)17-16(19)18(21-12-20-17)23-15-11-7-9-13-8-5-6-10-14(13)15/h5-12H,3-4,19H2,1-2H3. The molecule has 0 amide bonds. The lowest BCUT2D eigenvalue weighted by molar-refractivity contribution is 0.469. The highest BCUT2D eigenvalue weighted by Crippen LogP contribution is 2.34. The van der Waals surface area contributed by atoms with Gasteiger partial charge in [0.25, 0.3) is 0 Å². The van der Waals surface area contributed by atoms with Gasteiger partial charge in [0.05, 0.1) is 0 Å². The molecule has 2 N–H and O–H groups in total. The summed E-state index contributed by atoms with van der Waals surface area (Å²) in [5.41, 5.74) is 6.70. The Bertz CT molecular complexity index is 810. The van der Waals surface area contributed by atoms with Gasteiger partial charge >= 0.3 is 0 Å². The number of anilines is 2. The molecule has 1 heterocycles. The molecule has 0 saturated carbocycles. The number of benzene rings is 2. The molecule has 3 aromatic rings. The molecule has 2 aromatic carbocycles. The van der Waals surface area contributed by atoms with Gasteiger partial charge in [0.1, 0.15) is 17.8 Å². The predicted molar refractivity (Wildman–Crippen MR) is 94.0 cm³/mol. The van der Waals surface area contributed by atoms with E-state index in [2.05, 4.69) is 28.7 Å². The minimum atomic E-state index is 0.387. The van der Waals surface area contributed by atoms with Gasteiger partial charge in [-0.25, -0.2) is 4.98 Å². The van der Waals surface area contributed by atoms with Crippen LogP contribution in [0.3, 0.4) is 0 Å². The van der Waals surface area contributed by atoms with Crippen LogP contribution >= 0.6 is 0 Å². The Morgan fingerprint density at radius 3 is 2.52 bits per heavy atom. The number of ether oxygens (including phenoxy) is 1. The summed E-state index contributed by atoms with van der Waals surface area (Å²) in [5.74, 6) is 1.83. The average molecular weight is 308 g/mol. The Morgan fingerprint density at radius 2 is 1.74 bits per heavy atom. The number of hydrogen-bond donors (Lipinski definition) is 1. The van der Waals surface area contributed by atoms with Crippen molar-refractivity contribution in [2.75, 3.05) is 23.7 Å². The Kier molecular flexibility index (Phi) is 4.28. The van der Waals surface area contributed by atoms with Gasteiger partial charge in [0.15, 0.2) is 5.82 Å². The van der Waals surface area contributed by atoms with Crippen LogP contribution < -0.4 is 15.4 Å². The van der Waals surface area contributed by atoms with Crippen LogP contribution in [0.5, 0.6) is 11.6 Å². The maximum absolute atomic E-state index is 6.24. The van der Waals surface area contributed by atoms with E-state index in [0.717, 1.165) is 29.6 Å². The zero-order valence-electron chi connectivity index (χ0n) is 13.4. The molecule has 0 aliphatic carbocycles. The third-order valence-electron chi connectivity index (χ3n) is 3.85. The molecule has 0 saturated heterocycles. The van der Waals surface area contributed by atoms with E-state index in [1.54, 1.807) is 0 Å². The van der Waals surface area contributed by atoms with Gasteiger partial charge < -0.3 is 15.4 Å². The van der Waals surface area contributed by atoms with E-state index in [0.29, 0.717) is 17.4 Å². The molecule has 5 nitrogen and oxygen atoms in total. The van der Waals surface area contributed by atoms with Crippen molar-refractivity contribution in [3.63, 3.8) is 0 Å². The number of hydrogen-bond acceptors (Lipinski definition) is 5. The third-order valence-corrected chi connectivity index (χ3v) is 3.85. The lowest BCUT2D eigenvalue weighted by atomic mass is 10.1. The van der Waals surface area contributed by atoms with E-state index in [1.807, 2.05) is 42.5 Å². The Morgan fingerprint density at radius 1 is 1.00 bits per heavy atom. The number of nitrogens with zero attached hydrogens (tertiary/aromatic N) is 3. The van der Waals surface area contributed by atoms with Crippen LogP contribution in [0, 0.1) is 0 Å². The second-order valence-electron chi connectivity index (χ2n) is 5.17. The van der Waals surface area contributed by atoms with Gasteiger partial charge in [-0.2, -0.15) is 4.98 Å². The molecule has 23 heavy (non-hydrogen) atoms. The molecule has 0 unspecified atom stereocenters. The summed E-state index contributed by atoms with van der Waals surface area (Å²) in [6.07, 6.45) is 1.49. The van der Waals surface area contributed by atoms with E-state index in [9.17, 15) is 0 Å². The molecule has 0 aliphatic rings. The third kappa shape index (κ3) is 2.90. The SMILES string of the molecule is CCN(CC)c1ncnc(Oc2cccc3ccccc23)c1N. The van der Waals surface area contributed by atoms with E-state index in [1.165, 1.54) is 6.33 Å². The molecule has 0 aliphatic heterocycles. The molecule has 0 bridgehead atoms. The number of aromatic nitrogens is 2. The van der Waals surface area contributed by atoms with Crippen molar-refractivity contribution in [2.24, 2.45) is 0 Å². The maximum Gasteiger partial charge on any atom is 0.248 e. The van der Waals surface area contributed by atoms with Crippen LogP contribution in [0.25, 0.3) is 10.8 Å². The number of rotatable bonds is 5. The van der Waals surface area contributed by atoms with E-state index in [4.69, 9.17) is 10.5 Å². The predicted octanol–water partition coefficient (Wildman–Crippen LogP) is 3.85. The van der Waals surface area contributed by atoms with E-state index < -0.39 is 0 Å². The monoisotopic (exact) mass is 308 g/mol. The normalized spacial score (nSPS) is 10.7. The van der Waals surface area contributed by atoms with Crippen molar-refractivity contribution in [3.8, 4) is 11.6 Å². The fourth-order valence-electron chi connectivity index (χ4n) is 2.62. The fourth-order valence-corrected chi connectivity index (χ4v) is 2.62. The van der Waals surface area contributed by atoms with Crippen molar-refractivity contribution in [3.05, 3.63) is 48.8 Å². The maximum atomic E-state index is 6.24. The highest BCUT2D eigenvalue weighted by Gasteiger charge is 2.15. The largest absolute Gasteiger partial charge is 0.436 e. The molecule has 0 spiro atoms. The molecule has 0 fully saturated rings. The Labute approximate surface area is 135 Å². The summed E-state index contributed by atoms with van der Waals surface area (Å²) in [7, 11) is 0. The number of nitrogen functional groups attached to an aromatic ring is 1. The second-order valence-corrected chi connectivity index (χ2v) is 5.17. The zero-order valence-corrected chi connectivity index (χ0v) is 13.4. The number of nitrogens with two attached hydrogens (primary N) is 1. The highest BCUT2D eigenvalue weighted by atomic mass is 16.5. The minimum Gasteiger partial charge on any atom is -0.436 e. The zero-order chi connectivity index (χ0) is 16.2. The summed E-state index contributed by atoms with van der Waals surface area (Å²) >= 11 is 0. The molecule has 0 atom stereocenters. The quantitative estimate of drug-likeness (QED) is 0.775. The van der Waals surface area contributed by atoms with Crippen molar-refractivity contribution in [2.45, 2.75) is 13.8 Å². The highest BCUT2D eigenvalue weighted by molar-refractivity contribution is 5.88. The van der Waals surface area contributed by atoms with Crippen molar-refractivity contribution >= 4 is 22.3 Å². The van der Waals surface area contributed by atoms with Gasteiger partial charge in [0.2, 0.25) is 5.88 Å². The second kappa shape index (κ2) is 6.52. The topological polar surface area (TPSA) is 64.3 Å². The molecule has 5 heteroatoms. The molecule has 118 valence electrons. The van der Waals surface area contributed by atoms with Crippen LogP contribution in [-0.2, 0) is 0 Å². The number of fused-ring (bicyclic) bond motifs is 1. The molecular weight excluding hydrogens is 288 g/mol. The first-order chi connectivity index (χ1) is 11.2. The van der Waals surface area contributed by atoms with Crippen LogP contribution in [0.15, 0.2) is 48.8 Å². The minimum absolute atomic E-state index is 0.387. The fraction of sp³-hybridized carbons (Fsp3) is 0.222. The molecule has 1 aromatic heterocycles. The van der Waals surface area contributed by atoms with Crippen molar-refractivity contribution in [1.29, 1.82) is 0 Å². The van der Waals surface area contributed by atoms with Gasteiger partial charge in [-0.15, -0.1) is 0 Å². The van der Waals surface area contributed by atoms with Crippen LogP contribution in [-0.4, -0.2) is 23.1 Å². The summed E-state index contributed by atoms with van der Waals surface area (Å²) < 4.78 is 6.00. The molecular formula is C18H20N4O. The average Bonchev–Trinajstić information content (AvgIpc) is 2.59. The molecule has 0 radical (unpaired) electrons. The van der Waals surface area contributed by atoms with Crippen LogP contribution in [0.2, 0.25) is 0 Å². The van der Waals surface area contributed by atoms with Gasteiger partial charge in [0, 0.05) is 18.5 Å².